The van der Waals surface area contributed by atoms with Gasteiger partial charge in [0, 0.05) is 25.4 Å². The van der Waals surface area contributed by atoms with Crippen LogP contribution in [0.25, 0.3) is 0 Å². The van der Waals surface area contributed by atoms with Gasteiger partial charge in [-0.2, -0.15) is 0 Å². The lowest BCUT2D eigenvalue weighted by atomic mass is 9.98. The molecule has 0 bridgehead atoms. The molecule has 2 rings (SSSR count). The molecule has 86 valence electrons. The summed E-state index contributed by atoms with van der Waals surface area (Å²) in [4.78, 5) is 25.1. The fourth-order valence-corrected chi connectivity index (χ4v) is 1.94. The Bertz CT molecular complexity index is 422. The van der Waals surface area contributed by atoms with E-state index in [1.807, 2.05) is 6.92 Å². The Morgan fingerprint density at radius 1 is 1.56 bits per heavy atom. The Labute approximate surface area is 94.2 Å². The molecule has 0 N–H and O–H groups in total. The second-order valence-corrected chi connectivity index (χ2v) is 4.31. The van der Waals surface area contributed by atoms with E-state index in [2.05, 4.69) is 0 Å². The molecule has 16 heavy (non-hydrogen) atoms. The van der Waals surface area contributed by atoms with Crippen LogP contribution in [0.5, 0.6) is 0 Å². The number of rotatable bonds is 1. The molecule has 2 heterocycles. The number of piperidine rings is 1. The van der Waals surface area contributed by atoms with Gasteiger partial charge >= 0.3 is 0 Å². The lowest BCUT2D eigenvalue weighted by Crippen LogP contribution is -2.43. The smallest absolute Gasteiger partial charge is 0.257 e. The van der Waals surface area contributed by atoms with E-state index >= 15 is 0 Å². The summed E-state index contributed by atoms with van der Waals surface area (Å²) in [5.41, 5.74) is 0.569. The Morgan fingerprint density at radius 2 is 2.31 bits per heavy atom. The number of hydrogen-bond acceptors (Lipinski definition) is 3. The molecule has 0 aromatic carbocycles. The highest BCUT2D eigenvalue weighted by molar-refractivity contribution is 5.95. The minimum absolute atomic E-state index is 0.0452. The van der Waals surface area contributed by atoms with Gasteiger partial charge in [-0.05, 0) is 13.0 Å². The van der Waals surface area contributed by atoms with E-state index in [0.29, 0.717) is 25.1 Å². The van der Waals surface area contributed by atoms with Crippen molar-refractivity contribution in [2.24, 2.45) is 5.92 Å². The molecule has 1 atom stereocenters. The van der Waals surface area contributed by atoms with Crippen molar-refractivity contribution in [3.05, 3.63) is 23.7 Å². The van der Waals surface area contributed by atoms with Gasteiger partial charge in [-0.3, -0.25) is 9.59 Å². The Hall–Kier alpha value is -1.58. The van der Waals surface area contributed by atoms with E-state index < -0.39 is 0 Å². The average molecular weight is 221 g/mol. The first-order valence-electron chi connectivity index (χ1n) is 5.45. The van der Waals surface area contributed by atoms with Crippen molar-refractivity contribution in [1.29, 1.82) is 0 Å². The molecule has 1 aliphatic heterocycles. The van der Waals surface area contributed by atoms with Gasteiger partial charge in [-0.1, -0.05) is 6.92 Å². The van der Waals surface area contributed by atoms with Gasteiger partial charge in [-0.15, -0.1) is 0 Å². The van der Waals surface area contributed by atoms with Crippen molar-refractivity contribution >= 4 is 11.7 Å². The van der Waals surface area contributed by atoms with E-state index in [-0.39, 0.29) is 17.6 Å². The topological polar surface area (TPSA) is 50.5 Å². The summed E-state index contributed by atoms with van der Waals surface area (Å²) in [7, 11) is 0. The molecule has 1 fully saturated rings. The molecule has 1 aliphatic rings. The average Bonchev–Trinajstić information content (AvgIpc) is 2.68. The highest BCUT2D eigenvalue weighted by Gasteiger charge is 2.27. The molecule has 1 amide bonds. The number of likely N-dealkylation sites (tertiary alicyclic amines) is 1. The number of furan rings is 1. The largest absolute Gasteiger partial charge is 0.469 e. The summed E-state index contributed by atoms with van der Waals surface area (Å²) in [6, 6.07) is 1.73. The van der Waals surface area contributed by atoms with E-state index in [0.717, 1.165) is 5.76 Å². The third kappa shape index (κ3) is 2.01. The van der Waals surface area contributed by atoms with Crippen LogP contribution < -0.4 is 0 Å². The second-order valence-electron chi connectivity index (χ2n) is 4.31. The molecule has 0 radical (unpaired) electrons. The van der Waals surface area contributed by atoms with Crippen LogP contribution in [-0.4, -0.2) is 29.7 Å². The third-order valence-electron chi connectivity index (χ3n) is 2.94. The minimum atomic E-state index is -0.0503. The van der Waals surface area contributed by atoms with E-state index in [4.69, 9.17) is 4.42 Å². The Balaban J connectivity index is 2.08. The number of ketones is 1. The first kappa shape index (κ1) is 10.9. The van der Waals surface area contributed by atoms with Crippen LogP contribution in [0.4, 0.5) is 0 Å². The number of aryl methyl sites for hydroxylation is 1. The molecule has 1 saturated heterocycles. The first-order chi connectivity index (χ1) is 7.58. The van der Waals surface area contributed by atoms with Gasteiger partial charge in [0.25, 0.3) is 5.91 Å². The van der Waals surface area contributed by atoms with Crippen LogP contribution in [-0.2, 0) is 4.79 Å². The van der Waals surface area contributed by atoms with Gasteiger partial charge in [0.2, 0.25) is 0 Å². The van der Waals surface area contributed by atoms with Gasteiger partial charge in [0.15, 0.2) is 0 Å². The standard InChI is InChI=1S/C12H15NO3/c1-8-6-13(4-3-11(8)14)12(15)10-5-9(2)16-7-10/h5,7-8H,3-4,6H2,1-2H3. The number of Topliss-reactive ketones (excluding diaryl/α,β-unsaturated/α-hetero) is 1. The molecule has 4 nitrogen and oxygen atoms in total. The fourth-order valence-electron chi connectivity index (χ4n) is 1.94. The molecule has 0 spiro atoms. The lowest BCUT2D eigenvalue weighted by Gasteiger charge is -2.29. The maximum atomic E-state index is 12.0. The molecule has 1 unspecified atom stereocenters. The van der Waals surface area contributed by atoms with Gasteiger partial charge in [0.1, 0.15) is 17.8 Å². The highest BCUT2D eigenvalue weighted by Crippen LogP contribution is 2.16. The second kappa shape index (κ2) is 4.12. The zero-order valence-electron chi connectivity index (χ0n) is 9.53. The molecular formula is C12H15NO3. The number of nitrogens with zero attached hydrogens (tertiary/aromatic N) is 1. The summed E-state index contributed by atoms with van der Waals surface area (Å²) in [6.45, 7) is 4.70. The van der Waals surface area contributed by atoms with Crippen molar-refractivity contribution in [3.8, 4) is 0 Å². The summed E-state index contributed by atoms with van der Waals surface area (Å²) in [5.74, 6) is 0.874. The van der Waals surface area contributed by atoms with Crippen molar-refractivity contribution in [3.63, 3.8) is 0 Å². The highest BCUT2D eigenvalue weighted by atomic mass is 16.3. The normalized spacial score (nSPS) is 21.2. The predicted octanol–water partition coefficient (Wildman–Crippen LogP) is 1.64. The van der Waals surface area contributed by atoms with Gasteiger partial charge < -0.3 is 9.32 Å². The molecule has 1 aromatic rings. The van der Waals surface area contributed by atoms with Crippen molar-refractivity contribution < 1.29 is 14.0 Å². The summed E-state index contributed by atoms with van der Waals surface area (Å²) >= 11 is 0. The molecule has 4 heteroatoms. The van der Waals surface area contributed by atoms with Crippen LogP contribution in [0.15, 0.2) is 16.7 Å². The maximum Gasteiger partial charge on any atom is 0.257 e. The maximum absolute atomic E-state index is 12.0. The van der Waals surface area contributed by atoms with Gasteiger partial charge in [0.05, 0.1) is 5.56 Å². The number of hydrogen-bond donors (Lipinski definition) is 0. The van der Waals surface area contributed by atoms with E-state index in [1.165, 1.54) is 6.26 Å². The molecular weight excluding hydrogens is 206 g/mol. The van der Waals surface area contributed by atoms with Crippen LogP contribution in [0.1, 0.15) is 29.5 Å². The van der Waals surface area contributed by atoms with Crippen LogP contribution >= 0.6 is 0 Å². The Kier molecular flexibility index (Phi) is 2.81. The predicted molar refractivity (Wildman–Crippen MR) is 58.1 cm³/mol. The zero-order chi connectivity index (χ0) is 11.7. The van der Waals surface area contributed by atoms with E-state index in [1.54, 1.807) is 17.9 Å². The Morgan fingerprint density at radius 3 is 2.88 bits per heavy atom. The monoisotopic (exact) mass is 221 g/mol. The third-order valence-corrected chi connectivity index (χ3v) is 2.94. The number of carbonyl (C=O) groups is 2. The zero-order valence-corrected chi connectivity index (χ0v) is 9.53. The van der Waals surface area contributed by atoms with Crippen molar-refractivity contribution in [2.45, 2.75) is 20.3 Å². The summed E-state index contributed by atoms with van der Waals surface area (Å²) in [5, 5.41) is 0. The van der Waals surface area contributed by atoms with Crippen LogP contribution in [0.2, 0.25) is 0 Å². The summed E-state index contributed by atoms with van der Waals surface area (Å²) in [6.07, 6.45) is 1.93. The van der Waals surface area contributed by atoms with E-state index in [9.17, 15) is 9.59 Å². The molecule has 0 saturated carbocycles. The van der Waals surface area contributed by atoms with Crippen LogP contribution in [0, 0.1) is 12.8 Å². The molecule has 0 aliphatic carbocycles. The summed E-state index contributed by atoms with van der Waals surface area (Å²) < 4.78 is 5.11. The number of carbonyl (C=O) groups excluding carboxylic acids is 2. The van der Waals surface area contributed by atoms with Crippen molar-refractivity contribution in [2.75, 3.05) is 13.1 Å². The minimum Gasteiger partial charge on any atom is -0.469 e. The number of amides is 1. The fraction of sp³-hybridized carbons (Fsp3) is 0.500. The first-order valence-corrected chi connectivity index (χ1v) is 5.45. The van der Waals surface area contributed by atoms with Crippen LogP contribution in [0.3, 0.4) is 0 Å². The quantitative estimate of drug-likeness (QED) is 0.724. The SMILES string of the molecule is Cc1cc(C(=O)N2CCC(=O)C(C)C2)co1. The molecule has 1 aromatic heterocycles. The van der Waals surface area contributed by atoms with Crippen molar-refractivity contribution in [1.82, 2.24) is 4.90 Å². The lowest BCUT2D eigenvalue weighted by molar-refractivity contribution is -0.124. The van der Waals surface area contributed by atoms with Gasteiger partial charge in [-0.25, -0.2) is 0 Å².